The van der Waals surface area contributed by atoms with Gasteiger partial charge in [0.25, 0.3) is 0 Å². The van der Waals surface area contributed by atoms with Gasteiger partial charge < -0.3 is 28.1 Å². The average Bonchev–Trinajstić information content (AvgIpc) is 3.64. The molecule has 1 saturated heterocycles. The van der Waals surface area contributed by atoms with E-state index in [9.17, 15) is 4.79 Å². The average molecular weight is 687 g/mol. The fraction of sp³-hybridized carbons (Fsp3) is 0.436. The predicted molar refractivity (Wildman–Crippen MR) is 190 cm³/mol. The molecule has 4 unspecified atom stereocenters. The molecule has 3 aromatic carbocycles. The minimum atomic E-state index is -2.35. The molecule has 1 fully saturated rings. The van der Waals surface area contributed by atoms with Crippen LogP contribution in [-0.2, 0) is 47.9 Å². The molecule has 1 aliphatic heterocycles. The summed E-state index contributed by atoms with van der Waals surface area (Å²) in [5.41, 5.74) is 3.15. The van der Waals surface area contributed by atoms with Gasteiger partial charge in [0, 0.05) is 18.8 Å². The topological polar surface area (TPSA) is 90.3 Å². The summed E-state index contributed by atoms with van der Waals surface area (Å²) in [4.78, 5) is 16.6. The lowest BCUT2D eigenvalue weighted by molar-refractivity contribution is -0.259. The van der Waals surface area contributed by atoms with Gasteiger partial charge in [0.2, 0.25) is 0 Å². The van der Waals surface area contributed by atoms with E-state index in [4.69, 9.17) is 28.1 Å². The van der Waals surface area contributed by atoms with Gasteiger partial charge in [-0.3, -0.25) is 0 Å². The first-order valence-electron chi connectivity index (χ1n) is 17.0. The molecule has 0 amide bonds. The number of ether oxygens (including phenoxy) is 5. The Morgan fingerprint density at radius 3 is 1.86 bits per heavy atom. The Balaban J connectivity index is 1.45. The lowest BCUT2D eigenvalue weighted by atomic mass is 9.93. The van der Waals surface area contributed by atoms with Crippen molar-refractivity contribution >= 4 is 14.4 Å². The maximum atomic E-state index is 12.7. The fourth-order valence-electron chi connectivity index (χ4n) is 5.51. The van der Waals surface area contributed by atoms with Crippen LogP contribution in [0.1, 0.15) is 43.9 Å². The second kappa shape index (κ2) is 17.3. The van der Waals surface area contributed by atoms with E-state index >= 15 is 0 Å². The number of hydrogen-bond donors (Lipinski definition) is 0. The predicted octanol–water partition coefficient (Wildman–Crippen LogP) is 7.80. The summed E-state index contributed by atoms with van der Waals surface area (Å²) in [5, 5.41) is -0.0643. The van der Waals surface area contributed by atoms with E-state index in [0.717, 1.165) is 16.7 Å². The summed E-state index contributed by atoms with van der Waals surface area (Å²) in [6, 6.07) is 30.2. The normalized spacial score (nSPS) is 21.4. The third-order valence-electron chi connectivity index (χ3n) is 9.27. The third-order valence-corrected chi connectivity index (χ3v) is 13.7. The van der Waals surface area contributed by atoms with Gasteiger partial charge in [-0.05, 0) is 34.8 Å². The van der Waals surface area contributed by atoms with Crippen LogP contribution in [0.3, 0.4) is 0 Å². The maximum Gasteiger partial charge on any atom is 0.419 e. The van der Waals surface area contributed by atoms with Crippen LogP contribution in [0.2, 0.25) is 18.1 Å². The number of hydrogen-bond acceptors (Lipinski definition) is 8. The summed E-state index contributed by atoms with van der Waals surface area (Å²) in [7, 11) is -2.35. The van der Waals surface area contributed by atoms with E-state index in [1.165, 1.54) is 17.1 Å². The van der Waals surface area contributed by atoms with Crippen molar-refractivity contribution in [1.82, 2.24) is 9.55 Å². The summed E-state index contributed by atoms with van der Waals surface area (Å²) in [6.45, 7) is 12.7. The van der Waals surface area contributed by atoms with Gasteiger partial charge in [-0.1, -0.05) is 112 Å². The minimum absolute atomic E-state index is 0.0643. The third kappa shape index (κ3) is 10.4. The Labute approximate surface area is 291 Å². The van der Waals surface area contributed by atoms with E-state index in [1.54, 1.807) is 6.20 Å². The highest BCUT2D eigenvalue weighted by atomic mass is 28.4. The van der Waals surface area contributed by atoms with Crippen LogP contribution in [0.15, 0.2) is 110 Å². The summed E-state index contributed by atoms with van der Waals surface area (Å²) >= 11 is 0. The zero-order valence-corrected chi connectivity index (χ0v) is 30.3. The van der Waals surface area contributed by atoms with Gasteiger partial charge in [0.1, 0.15) is 30.7 Å². The molecular formula is C39H50N2O7Si. The van der Waals surface area contributed by atoms with Crippen molar-refractivity contribution in [1.29, 1.82) is 0 Å². The van der Waals surface area contributed by atoms with Crippen LogP contribution in [-0.4, -0.2) is 67.7 Å². The minimum Gasteiger partial charge on any atom is -0.449 e. The van der Waals surface area contributed by atoms with Crippen molar-refractivity contribution in [2.75, 3.05) is 13.2 Å². The van der Waals surface area contributed by atoms with Gasteiger partial charge in [0.05, 0.1) is 39.1 Å². The Morgan fingerprint density at radius 1 is 0.776 bits per heavy atom. The summed E-state index contributed by atoms with van der Waals surface area (Å²) in [5.74, 6) is 0. The van der Waals surface area contributed by atoms with E-state index in [2.05, 4.69) is 51.0 Å². The van der Waals surface area contributed by atoms with Gasteiger partial charge in [-0.2, -0.15) is 0 Å². The highest BCUT2D eigenvalue weighted by Gasteiger charge is 2.51. The molecule has 1 aromatic heterocycles. The van der Waals surface area contributed by atoms with Gasteiger partial charge in [0.15, 0.2) is 8.32 Å². The first-order chi connectivity index (χ1) is 23.6. The molecule has 0 spiro atoms. The molecule has 9 nitrogen and oxygen atoms in total. The summed E-state index contributed by atoms with van der Waals surface area (Å²) in [6.07, 6.45) is 1.92. The number of nitrogens with zero attached hydrogens (tertiary/aromatic N) is 2. The molecule has 262 valence electrons. The number of carbonyl (C=O) groups excluding carboxylic acids is 1. The molecule has 0 bridgehead atoms. The molecule has 49 heavy (non-hydrogen) atoms. The Morgan fingerprint density at radius 2 is 1.33 bits per heavy atom. The van der Waals surface area contributed by atoms with Crippen molar-refractivity contribution in [2.45, 2.75) is 95.7 Å². The number of rotatable bonds is 15. The largest absolute Gasteiger partial charge is 0.449 e. The number of aromatic nitrogens is 2. The zero-order valence-electron chi connectivity index (χ0n) is 29.3. The van der Waals surface area contributed by atoms with Crippen molar-refractivity contribution in [2.24, 2.45) is 0 Å². The van der Waals surface area contributed by atoms with Crippen LogP contribution >= 0.6 is 0 Å². The lowest BCUT2D eigenvalue weighted by Crippen LogP contribution is -2.64. The zero-order chi connectivity index (χ0) is 34.7. The smallest absolute Gasteiger partial charge is 0.419 e. The Kier molecular flexibility index (Phi) is 13.0. The molecule has 2 heterocycles. The van der Waals surface area contributed by atoms with Gasteiger partial charge in [-0.25, -0.2) is 14.3 Å². The van der Waals surface area contributed by atoms with E-state index < -0.39 is 44.9 Å². The molecule has 0 radical (unpaired) electrons. The number of imidazole rings is 1. The van der Waals surface area contributed by atoms with E-state index in [0.29, 0.717) is 26.2 Å². The maximum absolute atomic E-state index is 12.7. The van der Waals surface area contributed by atoms with Crippen LogP contribution < -0.4 is 0 Å². The molecule has 0 saturated carbocycles. The SMILES string of the molecule is CC(C)(C)[Si](C)(C)OC1C(COCc2ccccc2)O[C@@H](CCOC(=O)n2ccnc2)C(OCc2ccccc2)C1OCc1ccccc1. The lowest BCUT2D eigenvalue weighted by Gasteiger charge is -2.50. The molecule has 5 rings (SSSR count). The fourth-order valence-corrected chi connectivity index (χ4v) is 6.83. The summed E-state index contributed by atoms with van der Waals surface area (Å²) < 4.78 is 41.0. The molecule has 10 heteroatoms. The molecule has 1 aliphatic rings. The van der Waals surface area contributed by atoms with Crippen LogP contribution in [0.5, 0.6) is 0 Å². The van der Waals surface area contributed by atoms with E-state index in [1.807, 2.05) is 78.9 Å². The first kappa shape index (κ1) is 36.6. The van der Waals surface area contributed by atoms with Gasteiger partial charge in [-0.15, -0.1) is 0 Å². The van der Waals surface area contributed by atoms with Crippen molar-refractivity contribution in [3.05, 3.63) is 126 Å². The van der Waals surface area contributed by atoms with Crippen LogP contribution in [0.25, 0.3) is 0 Å². The van der Waals surface area contributed by atoms with Gasteiger partial charge >= 0.3 is 6.09 Å². The second-order valence-corrected chi connectivity index (χ2v) is 18.7. The van der Waals surface area contributed by atoms with E-state index in [-0.39, 0.29) is 18.3 Å². The number of carbonyl (C=O) groups is 1. The van der Waals surface area contributed by atoms with Crippen LogP contribution in [0, 0.1) is 0 Å². The monoisotopic (exact) mass is 686 g/mol. The Bertz CT molecular complexity index is 1530. The standard InChI is InChI=1S/C39H50N2O7Si/c1-39(2,3)49(4,5)48-36-34(28-43-25-30-15-9-6-10-16-30)47-33(21-24-44-38(42)41-23-22-40-29-41)35(45-26-31-17-11-7-12-18-31)37(36)46-27-32-19-13-8-14-20-32/h6-20,22-23,29,33-37H,21,24-28H2,1-5H3/t33-,34?,35?,36?,37?/m0/s1. The molecule has 4 aromatic rings. The second-order valence-electron chi connectivity index (χ2n) is 14.0. The van der Waals surface area contributed by atoms with Crippen molar-refractivity contribution in [3.8, 4) is 0 Å². The van der Waals surface area contributed by atoms with Crippen molar-refractivity contribution < 1.29 is 32.9 Å². The molecular weight excluding hydrogens is 637 g/mol. The molecule has 0 aliphatic carbocycles. The highest BCUT2D eigenvalue weighted by Crippen LogP contribution is 2.41. The highest BCUT2D eigenvalue weighted by molar-refractivity contribution is 6.74. The Hall–Kier alpha value is -3.64. The quantitative estimate of drug-likeness (QED) is 0.117. The van der Waals surface area contributed by atoms with Crippen molar-refractivity contribution in [3.63, 3.8) is 0 Å². The molecule has 0 N–H and O–H groups in total. The first-order valence-corrected chi connectivity index (χ1v) is 19.9. The molecule has 5 atom stereocenters. The van der Waals surface area contributed by atoms with Crippen LogP contribution in [0.4, 0.5) is 4.79 Å². The number of benzene rings is 3.